The van der Waals surface area contributed by atoms with Gasteiger partial charge in [-0.25, -0.2) is 0 Å². The maximum atomic E-state index is 12.4. The number of nitrogens with zero attached hydrogens (tertiary/aromatic N) is 2. The van der Waals surface area contributed by atoms with E-state index in [1.807, 2.05) is 18.4 Å². The van der Waals surface area contributed by atoms with Crippen LogP contribution in [-0.2, 0) is 11.3 Å². The lowest BCUT2D eigenvalue weighted by molar-refractivity contribution is -0.137. The summed E-state index contributed by atoms with van der Waals surface area (Å²) in [6.45, 7) is 5.24. The van der Waals surface area contributed by atoms with Crippen LogP contribution in [0.4, 0.5) is 0 Å². The molecule has 0 saturated heterocycles. The third-order valence-electron chi connectivity index (χ3n) is 2.81. The lowest BCUT2D eigenvalue weighted by Crippen LogP contribution is -2.34. The Kier molecular flexibility index (Phi) is 5.89. The molecule has 0 fully saturated rings. The van der Waals surface area contributed by atoms with Crippen LogP contribution in [0.25, 0.3) is 0 Å². The molecule has 0 atom stereocenters. The van der Waals surface area contributed by atoms with Crippen molar-refractivity contribution < 1.29 is 14.7 Å². The zero-order chi connectivity index (χ0) is 14.4. The third-order valence-corrected chi connectivity index (χ3v) is 3.02. The highest BCUT2D eigenvalue weighted by molar-refractivity contribution is 6.31. The molecule has 1 aromatic rings. The van der Waals surface area contributed by atoms with Crippen molar-refractivity contribution in [2.24, 2.45) is 0 Å². The van der Waals surface area contributed by atoms with Gasteiger partial charge in [-0.3, -0.25) is 9.59 Å². The summed E-state index contributed by atoms with van der Waals surface area (Å²) in [4.78, 5) is 24.5. The summed E-state index contributed by atoms with van der Waals surface area (Å²) in [5.74, 6) is -1.09. The average Bonchev–Trinajstić information content (AvgIpc) is 2.71. The predicted molar refractivity (Wildman–Crippen MR) is 73.6 cm³/mol. The maximum Gasteiger partial charge on any atom is 0.305 e. The monoisotopic (exact) mass is 286 g/mol. The van der Waals surface area contributed by atoms with Crippen LogP contribution in [0.3, 0.4) is 0 Å². The van der Waals surface area contributed by atoms with Crippen LogP contribution in [0.1, 0.15) is 37.2 Å². The van der Waals surface area contributed by atoms with E-state index >= 15 is 0 Å². The van der Waals surface area contributed by atoms with Crippen LogP contribution in [-0.4, -0.2) is 39.5 Å². The highest BCUT2D eigenvalue weighted by Gasteiger charge is 2.19. The molecule has 0 unspecified atom stereocenters. The van der Waals surface area contributed by atoms with Gasteiger partial charge >= 0.3 is 5.97 Å². The second-order valence-corrected chi connectivity index (χ2v) is 4.70. The number of halogens is 1. The van der Waals surface area contributed by atoms with Gasteiger partial charge in [-0.15, -0.1) is 0 Å². The zero-order valence-corrected chi connectivity index (χ0v) is 12.0. The molecule has 6 heteroatoms. The molecule has 19 heavy (non-hydrogen) atoms. The molecule has 0 aliphatic rings. The first kappa shape index (κ1) is 15.6. The van der Waals surface area contributed by atoms with E-state index in [0.717, 1.165) is 6.42 Å². The molecular weight excluding hydrogens is 268 g/mol. The number of carbonyl (C=O) groups is 2. The predicted octanol–water partition coefficient (Wildman–Crippen LogP) is 2.49. The van der Waals surface area contributed by atoms with E-state index in [1.165, 1.54) is 4.90 Å². The first-order valence-electron chi connectivity index (χ1n) is 6.36. The summed E-state index contributed by atoms with van der Waals surface area (Å²) in [5.41, 5.74) is 0.513. The number of carbonyl (C=O) groups excluding carboxylic acids is 1. The molecule has 1 aromatic heterocycles. The fourth-order valence-corrected chi connectivity index (χ4v) is 2.10. The number of aromatic nitrogens is 1. The van der Waals surface area contributed by atoms with E-state index in [9.17, 15) is 9.59 Å². The van der Waals surface area contributed by atoms with Gasteiger partial charge in [0.1, 0.15) is 5.69 Å². The quantitative estimate of drug-likeness (QED) is 0.837. The molecule has 1 amide bonds. The third kappa shape index (κ3) is 4.28. The van der Waals surface area contributed by atoms with Crippen molar-refractivity contribution in [3.05, 3.63) is 23.0 Å². The molecule has 0 saturated carbocycles. The molecule has 0 spiro atoms. The molecule has 0 aliphatic heterocycles. The van der Waals surface area contributed by atoms with Crippen molar-refractivity contribution in [1.29, 1.82) is 0 Å². The van der Waals surface area contributed by atoms with Crippen LogP contribution < -0.4 is 0 Å². The van der Waals surface area contributed by atoms with Crippen LogP contribution in [0.2, 0.25) is 5.02 Å². The summed E-state index contributed by atoms with van der Waals surface area (Å²) in [6.07, 6.45) is 2.57. The molecule has 1 heterocycles. The highest BCUT2D eigenvalue weighted by Crippen LogP contribution is 2.16. The number of aliphatic carboxylic acids is 1. The van der Waals surface area contributed by atoms with Crippen LogP contribution >= 0.6 is 11.6 Å². The van der Waals surface area contributed by atoms with Crippen LogP contribution in [0.15, 0.2) is 12.3 Å². The SMILES string of the molecule is CCCn1cc(Cl)cc1C(=O)N(CC)CCC(=O)O. The summed E-state index contributed by atoms with van der Waals surface area (Å²) in [5, 5.41) is 9.21. The number of rotatable bonds is 7. The van der Waals surface area contributed by atoms with Gasteiger partial charge in [0, 0.05) is 25.8 Å². The Bertz CT molecular complexity index is 457. The minimum absolute atomic E-state index is 0.0538. The molecule has 1 N–H and O–H groups in total. The number of hydrogen-bond acceptors (Lipinski definition) is 2. The summed E-state index contributed by atoms with van der Waals surface area (Å²) >= 11 is 5.94. The van der Waals surface area contributed by atoms with Crippen LogP contribution in [0, 0.1) is 0 Å². The molecule has 5 nitrogen and oxygen atoms in total. The van der Waals surface area contributed by atoms with Gasteiger partial charge in [0.05, 0.1) is 11.4 Å². The molecular formula is C13H19ClN2O3. The largest absolute Gasteiger partial charge is 0.481 e. The van der Waals surface area contributed by atoms with E-state index in [4.69, 9.17) is 16.7 Å². The van der Waals surface area contributed by atoms with E-state index in [-0.39, 0.29) is 18.9 Å². The van der Waals surface area contributed by atoms with Gasteiger partial charge in [0.25, 0.3) is 5.91 Å². The van der Waals surface area contributed by atoms with E-state index in [1.54, 1.807) is 12.3 Å². The van der Waals surface area contributed by atoms with Crippen molar-refractivity contribution in [3.8, 4) is 0 Å². The van der Waals surface area contributed by atoms with Crippen molar-refractivity contribution in [2.45, 2.75) is 33.2 Å². The maximum absolute atomic E-state index is 12.4. The molecule has 0 radical (unpaired) electrons. The Morgan fingerprint density at radius 2 is 2.11 bits per heavy atom. The number of aryl methyl sites for hydroxylation is 1. The van der Waals surface area contributed by atoms with Gasteiger partial charge in [0.15, 0.2) is 0 Å². The number of hydrogen-bond donors (Lipinski definition) is 1. The minimum Gasteiger partial charge on any atom is -0.481 e. The summed E-state index contributed by atoms with van der Waals surface area (Å²) in [7, 11) is 0. The van der Waals surface area contributed by atoms with Gasteiger partial charge < -0.3 is 14.6 Å². The molecule has 1 rings (SSSR count). The summed E-state index contributed by atoms with van der Waals surface area (Å²) in [6, 6.07) is 1.63. The number of carboxylic acids is 1. The van der Waals surface area contributed by atoms with Crippen LogP contribution in [0.5, 0.6) is 0 Å². The molecule has 0 bridgehead atoms. The van der Waals surface area contributed by atoms with Crippen molar-refractivity contribution >= 4 is 23.5 Å². The lowest BCUT2D eigenvalue weighted by Gasteiger charge is -2.20. The first-order chi connectivity index (χ1) is 8.99. The average molecular weight is 287 g/mol. The van der Waals surface area contributed by atoms with E-state index < -0.39 is 5.97 Å². The topological polar surface area (TPSA) is 62.5 Å². The summed E-state index contributed by atoms with van der Waals surface area (Å²) < 4.78 is 1.81. The second-order valence-electron chi connectivity index (χ2n) is 4.27. The normalized spacial score (nSPS) is 10.5. The zero-order valence-electron chi connectivity index (χ0n) is 11.2. The molecule has 0 aliphatic carbocycles. The Labute approximate surface area is 117 Å². The smallest absolute Gasteiger partial charge is 0.305 e. The Morgan fingerprint density at radius 1 is 1.42 bits per heavy atom. The number of carboxylic acid groups (broad SMARTS) is 1. The first-order valence-corrected chi connectivity index (χ1v) is 6.74. The van der Waals surface area contributed by atoms with Crippen molar-refractivity contribution in [3.63, 3.8) is 0 Å². The minimum atomic E-state index is -0.909. The fraction of sp³-hybridized carbons (Fsp3) is 0.538. The Hall–Kier alpha value is -1.49. The van der Waals surface area contributed by atoms with Gasteiger partial charge in [-0.1, -0.05) is 18.5 Å². The van der Waals surface area contributed by atoms with Gasteiger partial charge in [0.2, 0.25) is 0 Å². The molecule has 0 aromatic carbocycles. The second kappa shape index (κ2) is 7.19. The standard InChI is InChI=1S/C13H19ClN2O3/c1-3-6-16-9-10(14)8-11(16)13(19)15(4-2)7-5-12(17)18/h8-9H,3-7H2,1-2H3,(H,17,18). The number of amides is 1. The highest BCUT2D eigenvalue weighted by atomic mass is 35.5. The van der Waals surface area contributed by atoms with Gasteiger partial charge in [-0.2, -0.15) is 0 Å². The van der Waals surface area contributed by atoms with E-state index in [0.29, 0.717) is 23.8 Å². The van der Waals surface area contributed by atoms with Crippen molar-refractivity contribution in [2.75, 3.05) is 13.1 Å². The fourth-order valence-electron chi connectivity index (χ4n) is 1.88. The Balaban J connectivity index is 2.87. The molecule has 106 valence electrons. The lowest BCUT2D eigenvalue weighted by atomic mass is 10.3. The van der Waals surface area contributed by atoms with Crippen molar-refractivity contribution in [1.82, 2.24) is 9.47 Å². The van der Waals surface area contributed by atoms with E-state index in [2.05, 4.69) is 0 Å². The Morgan fingerprint density at radius 3 is 2.63 bits per heavy atom. The van der Waals surface area contributed by atoms with Gasteiger partial charge in [-0.05, 0) is 19.4 Å².